The van der Waals surface area contributed by atoms with Gasteiger partial charge in [-0.25, -0.2) is 0 Å². The lowest BCUT2D eigenvalue weighted by Crippen LogP contribution is -2.51. The third kappa shape index (κ3) is 5.28. The number of ether oxygens (including phenoxy) is 3. The van der Waals surface area contributed by atoms with Gasteiger partial charge in [0.25, 0.3) is 0 Å². The summed E-state index contributed by atoms with van der Waals surface area (Å²) in [5.74, 6) is 2.00. The molecule has 0 unspecified atom stereocenters. The van der Waals surface area contributed by atoms with E-state index in [2.05, 4.69) is 10.2 Å². The lowest BCUT2D eigenvalue weighted by Gasteiger charge is -2.39. The standard InChI is InChI=1S/C24H30ClN3O4/c1-16(29)27-21-5-4-20(30-2)12-23(21)31-15-19(26)14-28-9-7-24(8-10-28)13-17-11-18(25)3-6-22(17)32-24/h3-6,11-12,19H,7-10,13-15,26H2,1-2H3,(H,27,29)/t19-/m0/s1. The molecule has 1 amide bonds. The van der Waals surface area contributed by atoms with Crippen LogP contribution in [0.3, 0.4) is 0 Å². The first-order valence-corrected chi connectivity index (χ1v) is 11.3. The van der Waals surface area contributed by atoms with Crippen molar-refractivity contribution in [2.45, 2.75) is 37.8 Å². The highest BCUT2D eigenvalue weighted by Crippen LogP contribution is 2.42. The molecule has 2 aromatic rings. The number of carbonyl (C=O) groups is 1. The van der Waals surface area contributed by atoms with Gasteiger partial charge in [0.2, 0.25) is 5.91 Å². The molecule has 32 heavy (non-hydrogen) atoms. The predicted molar refractivity (Wildman–Crippen MR) is 125 cm³/mol. The fraction of sp³-hybridized carbons (Fsp3) is 0.458. The van der Waals surface area contributed by atoms with Crippen LogP contribution in [0.5, 0.6) is 17.2 Å². The van der Waals surface area contributed by atoms with E-state index in [1.165, 1.54) is 12.5 Å². The van der Waals surface area contributed by atoms with Crippen LogP contribution in [0.25, 0.3) is 0 Å². The Bertz CT molecular complexity index is 976. The van der Waals surface area contributed by atoms with Crippen molar-refractivity contribution in [1.82, 2.24) is 4.90 Å². The molecule has 2 aliphatic heterocycles. The molecule has 4 rings (SSSR count). The molecule has 1 spiro atoms. The summed E-state index contributed by atoms with van der Waals surface area (Å²) in [5.41, 5.74) is 8.05. The predicted octanol–water partition coefficient (Wildman–Crippen LogP) is 3.48. The molecule has 0 aromatic heterocycles. The Hall–Kier alpha value is -2.48. The van der Waals surface area contributed by atoms with E-state index in [9.17, 15) is 4.79 Å². The molecule has 3 N–H and O–H groups in total. The SMILES string of the molecule is COc1ccc(NC(C)=O)c(OC[C@@H](N)CN2CCC3(CC2)Cc2cc(Cl)ccc2O3)c1. The quantitative estimate of drug-likeness (QED) is 0.659. The molecule has 1 atom stereocenters. The van der Waals surface area contributed by atoms with Gasteiger partial charge in [-0.3, -0.25) is 4.79 Å². The third-order valence-electron chi connectivity index (χ3n) is 6.07. The van der Waals surface area contributed by atoms with Gasteiger partial charge in [-0.05, 0) is 35.9 Å². The summed E-state index contributed by atoms with van der Waals surface area (Å²) in [6.45, 7) is 4.37. The zero-order chi connectivity index (χ0) is 22.7. The van der Waals surface area contributed by atoms with Crippen LogP contribution in [0.4, 0.5) is 5.69 Å². The number of piperidine rings is 1. The number of benzene rings is 2. The van der Waals surface area contributed by atoms with Crippen LogP contribution in [-0.4, -0.2) is 55.8 Å². The highest BCUT2D eigenvalue weighted by Gasteiger charge is 2.42. The lowest BCUT2D eigenvalue weighted by atomic mass is 9.87. The smallest absolute Gasteiger partial charge is 0.221 e. The average Bonchev–Trinajstić information content (AvgIpc) is 3.11. The van der Waals surface area contributed by atoms with Crippen LogP contribution in [0.1, 0.15) is 25.3 Å². The first-order valence-electron chi connectivity index (χ1n) is 10.9. The number of amides is 1. The van der Waals surface area contributed by atoms with Crippen LogP contribution in [0.2, 0.25) is 5.02 Å². The highest BCUT2D eigenvalue weighted by atomic mass is 35.5. The van der Waals surface area contributed by atoms with E-state index in [0.29, 0.717) is 23.8 Å². The molecular formula is C24H30ClN3O4. The molecule has 0 aliphatic carbocycles. The minimum atomic E-state index is -0.166. The Morgan fingerprint density at radius 2 is 2.06 bits per heavy atom. The van der Waals surface area contributed by atoms with Crippen LogP contribution >= 0.6 is 11.6 Å². The molecule has 2 aromatic carbocycles. The van der Waals surface area contributed by atoms with Crippen molar-refractivity contribution in [1.29, 1.82) is 0 Å². The number of rotatable bonds is 7. The Kier molecular flexibility index (Phi) is 6.79. The number of methoxy groups -OCH3 is 1. The monoisotopic (exact) mass is 459 g/mol. The van der Waals surface area contributed by atoms with E-state index in [-0.39, 0.29) is 17.6 Å². The molecule has 7 nitrogen and oxygen atoms in total. The lowest BCUT2D eigenvalue weighted by molar-refractivity contribution is -0.114. The van der Waals surface area contributed by atoms with Crippen LogP contribution in [0.15, 0.2) is 36.4 Å². The Balaban J connectivity index is 1.28. The van der Waals surface area contributed by atoms with Crippen molar-refractivity contribution in [3.8, 4) is 17.2 Å². The molecule has 0 saturated carbocycles. The summed E-state index contributed by atoms with van der Waals surface area (Å²) in [7, 11) is 1.59. The average molecular weight is 460 g/mol. The number of hydrogen-bond donors (Lipinski definition) is 2. The topological polar surface area (TPSA) is 86.0 Å². The maximum atomic E-state index is 11.5. The number of anilines is 1. The van der Waals surface area contributed by atoms with Gasteiger partial charge in [0.1, 0.15) is 29.5 Å². The summed E-state index contributed by atoms with van der Waals surface area (Å²) in [6.07, 6.45) is 2.82. The van der Waals surface area contributed by atoms with Crippen molar-refractivity contribution in [2.75, 3.05) is 38.7 Å². The van der Waals surface area contributed by atoms with E-state index in [1.807, 2.05) is 18.2 Å². The number of halogens is 1. The summed E-state index contributed by atoms with van der Waals surface area (Å²) in [4.78, 5) is 13.8. The number of fused-ring (bicyclic) bond motifs is 1. The third-order valence-corrected chi connectivity index (χ3v) is 6.31. The zero-order valence-electron chi connectivity index (χ0n) is 18.5. The molecule has 2 heterocycles. The van der Waals surface area contributed by atoms with Gasteiger partial charge < -0.3 is 30.2 Å². The highest BCUT2D eigenvalue weighted by molar-refractivity contribution is 6.30. The van der Waals surface area contributed by atoms with Gasteiger partial charge in [-0.1, -0.05) is 11.6 Å². The molecular weight excluding hydrogens is 430 g/mol. The summed E-state index contributed by atoms with van der Waals surface area (Å²) in [6, 6.07) is 11.0. The van der Waals surface area contributed by atoms with Gasteiger partial charge in [0, 0.05) is 56.9 Å². The van der Waals surface area contributed by atoms with Crippen molar-refractivity contribution in [3.63, 3.8) is 0 Å². The van der Waals surface area contributed by atoms with Gasteiger partial charge >= 0.3 is 0 Å². The summed E-state index contributed by atoms with van der Waals surface area (Å²) >= 11 is 6.14. The van der Waals surface area contributed by atoms with Crippen molar-refractivity contribution >= 4 is 23.2 Å². The van der Waals surface area contributed by atoms with Crippen LogP contribution < -0.4 is 25.3 Å². The van der Waals surface area contributed by atoms with Gasteiger partial charge in [-0.2, -0.15) is 0 Å². The van der Waals surface area contributed by atoms with Crippen molar-refractivity contribution < 1.29 is 19.0 Å². The van der Waals surface area contributed by atoms with E-state index >= 15 is 0 Å². The summed E-state index contributed by atoms with van der Waals surface area (Å²) < 4.78 is 17.5. The van der Waals surface area contributed by atoms with E-state index in [4.69, 9.17) is 31.5 Å². The molecule has 1 fully saturated rings. The number of nitrogens with one attached hydrogen (secondary N) is 1. The minimum absolute atomic E-state index is 0.127. The Labute approximate surface area is 193 Å². The second kappa shape index (κ2) is 9.57. The van der Waals surface area contributed by atoms with E-state index < -0.39 is 0 Å². The van der Waals surface area contributed by atoms with Gasteiger partial charge in [0.15, 0.2) is 0 Å². The number of hydrogen-bond acceptors (Lipinski definition) is 6. The fourth-order valence-corrected chi connectivity index (χ4v) is 4.64. The Morgan fingerprint density at radius 3 is 2.78 bits per heavy atom. The normalized spacial score (nSPS) is 18.0. The number of nitrogens with zero attached hydrogens (tertiary/aromatic N) is 1. The number of carbonyl (C=O) groups excluding carboxylic acids is 1. The fourth-order valence-electron chi connectivity index (χ4n) is 4.45. The van der Waals surface area contributed by atoms with Crippen molar-refractivity contribution in [2.24, 2.45) is 5.73 Å². The van der Waals surface area contributed by atoms with E-state index in [1.54, 1.807) is 25.3 Å². The number of nitrogens with two attached hydrogens (primary N) is 1. The first kappa shape index (κ1) is 22.7. The summed E-state index contributed by atoms with van der Waals surface area (Å²) in [5, 5.41) is 3.53. The molecule has 0 bridgehead atoms. The number of likely N-dealkylation sites (tertiary alicyclic amines) is 1. The first-order chi connectivity index (χ1) is 15.4. The van der Waals surface area contributed by atoms with Crippen LogP contribution in [-0.2, 0) is 11.2 Å². The maximum Gasteiger partial charge on any atom is 0.221 e. The van der Waals surface area contributed by atoms with Gasteiger partial charge in [0.05, 0.1) is 18.8 Å². The van der Waals surface area contributed by atoms with Gasteiger partial charge in [-0.15, -0.1) is 0 Å². The largest absolute Gasteiger partial charge is 0.497 e. The molecule has 2 aliphatic rings. The minimum Gasteiger partial charge on any atom is -0.497 e. The zero-order valence-corrected chi connectivity index (χ0v) is 19.3. The maximum absolute atomic E-state index is 11.5. The van der Waals surface area contributed by atoms with E-state index in [0.717, 1.165) is 49.7 Å². The second-order valence-corrected chi connectivity index (χ2v) is 9.07. The van der Waals surface area contributed by atoms with Crippen molar-refractivity contribution in [3.05, 3.63) is 47.0 Å². The molecule has 172 valence electrons. The Morgan fingerprint density at radius 1 is 1.28 bits per heavy atom. The molecule has 1 saturated heterocycles. The molecule has 0 radical (unpaired) electrons. The van der Waals surface area contributed by atoms with Crippen LogP contribution in [0, 0.1) is 0 Å². The molecule has 8 heteroatoms. The second-order valence-electron chi connectivity index (χ2n) is 8.63.